The van der Waals surface area contributed by atoms with Crippen molar-refractivity contribution >= 4 is 0 Å². The molecule has 0 aliphatic carbocycles. The molecule has 0 fully saturated rings. The van der Waals surface area contributed by atoms with E-state index in [-0.39, 0.29) is 10.8 Å². The second-order valence-electron chi connectivity index (χ2n) is 11.0. The molecule has 2 aromatic rings. The Kier molecular flexibility index (Phi) is 6.10. The normalized spacial score (nSPS) is 13.9. The van der Waals surface area contributed by atoms with Gasteiger partial charge in [-0.1, -0.05) is 73.6 Å². The van der Waals surface area contributed by atoms with Crippen molar-refractivity contribution in [2.45, 2.75) is 92.9 Å². The van der Waals surface area contributed by atoms with Crippen LogP contribution in [0, 0.1) is 26.7 Å². The number of phenolic OH excluding ortho intramolecular Hbond substituents is 1. The Morgan fingerprint density at radius 3 is 1.50 bits per heavy atom. The van der Waals surface area contributed by atoms with E-state index in [4.69, 9.17) is 0 Å². The van der Waals surface area contributed by atoms with Crippen molar-refractivity contribution in [2.24, 2.45) is 5.92 Å². The lowest BCUT2D eigenvalue weighted by molar-refractivity contribution is 0.444. The largest absolute Gasteiger partial charge is 0.508 e. The van der Waals surface area contributed by atoms with Crippen molar-refractivity contribution in [1.29, 1.82) is 0 Å². The van der Waals surface area contributed by atoms with E-state index in [0.29, 0.717) is 17.6 Å². The first-order chi connectivity index (χ1) is 12.6. The first kappa shape index (κ1) is 22.5. The van der Waals surface area contributed by atoms with Gasteiger partial charge in [-0.25, -0.2) is 0 Å². The van der Waals surface area contributed by atoms with Crippen molar-refractivity contribution in [1.82, 2.24) is 0 Å². The van der Waals surface area contributed by atoms with Crippen LogP contribution >= 0.6 is 0 Å². The van der Waals surface area contributed by atoms with E-state index >= 15 is 0 Å². The molecule has 0 saturated carbocycles. The molecule has 0 heterocycles. The maximum atomic E-state index is 10.6. The molecule has 0 amide bonds. The van der Waals surface area contributed by atoms with E-state index in [1.165, 1.54) is 33.4 Å². The van der Waals surface area contributed by atoms with Gasteiger partial charge < -0.3 is 5.11 Å². The highest BCUT2D eigenvalue weighted by Gasteiger charge is 2.28. The zero-order valence-corrected chi connectivity index (χ0v) is 19.9. The highest BCUT2D eigenvalue weighted by Crippen LogP contribution is 2.42. The predicted octanol–water partition coefficient (Wildman–Crippen LogP) is 7.70. The minimum atomic E-state index is -0.0903. The molecule has 1 atom stereocenters. The molecule has 2 rings (SSSR count). The number of hydrogen-bond donors (Lipinski definition) is 1. The van der Waals surface area contributed by atoms with Gasteiger partial charge in [0.2, 0.25) is 0 Å². The van der Waals surface area contributed by atoms with Gasteiger partial charge >= 0.3 is 0 Å². The molecule has 28 heavy (non-hydrogen) atoms. The third-order valence-corrected chi connectivity index (χ3v) is 5.95. The Morgan fingerprint density at radius 2 is 1.07 bits per heavy atom. The highest BCUT2D eigenvalue weighted by atomic mass is 16.3. The number of hydrogen-bond acceptors (Lipinski definition) is 1. The molecule has 1 unspecified atom stereocenters. The van der Waals surface area contributed by atoms with Crippen molar-refractivity contribution in [3.63, 3.8) is 0 Å². The summed E-state index contributed by atoms with van der Waals surface area (Å²) < 4.78 is 0. The zero-order chi connectivity index (χ0) is 21.6. The highest BCUT2D eigenvalue weighted by molar-refractivity contribution is 5.51. The Morgan fingerprint density at radius 1 is 0.643 bits per heavy atom. The Balaban J connectivity index is 2.79. The molecular formula is C27H40O. The average Bonchev–Trinajstić information content (AvgIpc) is 2.48. The van der Waals surface area contributed by atoms with Gasteiger partial charge in [0.05, 0.1) is 0 Å². The maximum absolute atomic E-state index is 10.6. The fraction of sp³-hybridized carbons (Fsp3) is 0.556. The van der Waals surface area contributed by atoms with Gasteiger partial charge in [-0.05, 0) is 82.5 Å². The van der Waals surface area contributed by atoms with Gasteiger partial charge in [0, 0.05) is 5.92 Å². The van der Waals surface area contributed by atoms with E-state index in [0.717, 1.165) is 5.56 Å². The average molecular weight is 381 g/mol. The lowest BCUT2D eigenvalue weighted by atomic mass is 9.73. The van der Waals surface area contributed by atoms with Crippen LogP contribution in [0.1, 0.15) is 100 Å². The van der Waals surface area contributed by atoms with Crippen LogP contribution in [0.3, 0.4) is 0 Å². The van der Waals surface area contributed by atoms with Crippen LogP contribution in [0.4, 0.5) is 0 Å². The first-order valence-corrected chi connectivity index (χ1v) is 10.6. The monoisotopic (exact) mass is 380 g/mol. The number of benzene rings is 2. The molecule has 0 aliphatic heterocycles. The predicted molar refractivity (Wildman–Crippen MR) is 123 cm³/mol. The molecule has 0 bridgehead atoms. The third-order valence-electron chi connectivity index (χ3n) is 5.95. The topological polar surface area (TPSA) is 20.2 Å². The Bertz CT molecular complexity index is 788. The SMILES string of the molecule is Cc1cc(C)c(C(C)(C)C)cc1C(c1cc(C(C)(C)C)c(O)cc1C)C(C)C. The van der Waals surface area contributed by atoms with Gasteiger partial charge in [-0.3, -0.25) is 0 Å². The van der Waals surface area contributed by atoms with Gasteiger partial charge in [-0.15, -0.1) is 0 Å². The number of phenols is 1. The summed E-state index contributed by atoms with van der Waals surface area (Å²) in [6.45, 7) is 24.6. The van der Waals surface area contributed by atoms with Crippen LogP contribution in [0.25, 0.3) is 0 Å². The lowest BCUT2D eigenvalue weighted by Crippen LogP contribution is -2.18. The summed E-state index contributed by atoms with van der Waals surface area (Å²) in [5.41, 5.74) is 9.13. The fourth-order valence-corrected chi connectivity index (χ4v) is 4.54. The molecule has 0 saturated heterocycles. The summed E-state index contributed by atoms with van der Waals surface area (Å²) in [6.07, 6.45) is 0. The van der Waals surface area contributed by atoms with Crippen molar-refractivity contribution in [3.8, 4) is 5.75 Å². The molecular weight excluding hydrogens is 340 g/mol. The molecule has 1 N–H and O–H groups in total. The molecule has 0 aromatic heterocycles. The summed E-state index contributed by atoms with van der Waals surface area (Å²) in [5, 5.41) is 10.6. The molecule has 1 heteroatoms. The van der Waals surface area contributed by atoms with Crippen LogP contribution < -0.4 is 0 Å². The lowest BCUT2D eigenvalue weighted by Gasteiger charge is -2.31. The van der Waals surface area contributed by atoms with Crippen LogP contribution in [0.5, 0.6) is 5.75 Å². The maximum Gasteiger partial charge on any atom is 0.119 e. The molecule has 0 radical (unpaired) electrons. The van der Waals surface area contributed by atoms with Crippen LogP contribution in [-0.4, -0.2) is 5.11 Å². The van der Waals surface area contributed by atoms with Gasteiger partial charge in [0.15, 0.2) is 0 Å². The third kappa shape index (κ3) is 4.45. The molecule has 2 aromatic carbocycles. The van der Waals surface area contributed by atoms with Crippen molar-refractivity contribution in [2.75, 3.05) is 0 Å². The van der Waals surface area contributed by atoms with Gasteiger partial charge in [-0.2, -0.15) is 0 Å². The minimum Gasteiger partial charge on any atom is -0.508 e. The molecule has 0 aliphatic rings. The van der Waals surface area contributed by atoms with Crippen LogP contribution in [-0.2, 0) is 10.8 Å². The summed E-state index contributed by atoms with van der Waals surface area (Å²) in [4.78, 5) is 0. The Hall–Kier alpha value is -1.76. The number of aryl methyl sites for hydroxylation is 3. The summed E-state index contributed by atoms with van der Waals surface area (Å²) in [7, 11) is 0. The van der Waals surface area contributed by atoms with E-state index in [1.807, 2.05) is 6.07 Å². The minimum absolute atomic E-state index is 0.0903. The van der Waals surface area contributed by atoms with E-state index in [9.17, 15) is 5.11 Å². The summed E-state index contributed by atoms with van der Waals surface area (Å²) in [5.74, 6) is 1.18. The molecule has 154 valence electrons. The van der Waals surface area contributed by atoms with E-state index in [1.54, 1.807) is 0 Å². The smallest absolute Gasteiger partial charge is 0.119 e. The fourth-order valence-electron chi connectivity index (χ4n) is 4.54. The summed E-state index contributed by atoms with van der Waals surface area (Å²) >= 11 is 0. The van der Waals surface area contributed by atoms with Crippen molar-refractivity contribution in [3.05, 3.63) is 63.2 Å². The second kappa shape index (κ2) is 7.58. The quantitative estimate of drug-likeness (QED) is 0.578. The first-order valence-electron chi connectivity index (χ1n) is 10.6. The number of rotatable bonds is 3. The second-order valence-corrected chi connectivity index (χ2v) is 11.0. The standard InChI is InChI=1S/C27H40O/c1-16(2)25(20-14-22(26(6,7)8)19(5)12-17(20)3)21-15-23(27(9,10)11)24(28)13-18(21)4/h12-16,25,28H,1-11H3. The summed E-state index contributed by atoms with van der Waals surface area (Å²) in [6, 6.07) is 9.01. The van der Waals surface area contributed by atoms with E-state index < -0.39 is 0 Å². The zero-order valence-electron chi connectivity index (χ0n) is 19.9. The Labute approximate surface area is 173 Å². The van der Waals surface area contributed by atoms with Gasteiger partial charge in [0.25, 0.3) is 0 Å². The number of aromatic hydroxyl groups is 1. The molecule has 1 nitrogen and oxygen atoms in total. The van der Waals surface area contributed by atoms with Gasteiger partial charge in [0.1, 0.15) is 5.75 Å². The molecule has 0 spiro atoms. The van der Waals surface area contributed by atoms with Crippen molar-refractivity contribution < 1.29 is 5.11 Å². The van der Waals surface area contributed by atoms with Crippen LogP contribution in [0.2, 0.25) is 0 Å². The van der Waals surface area contributed by atoms with E-state index in [2.05, 4.69) is 94.4 Å². The van der Waals surface area contributed by atoms with Crippen LogP contribution in [0.15, 0.2) is 24.3 Å².